The van der Waals surface area contributed by atoms with Crippen molar-refractivity contribution in [2.75, 3.05) is 20.6 Å². The van der Waals surface area contributed by atoms with Crippen LogP contribution in [0.15, 0.2) is 36.0 Å². The first-order chi connectivity index (χ1) is 12.9. The molecule has 154 valence electrons. The van der Waals surface area contributed by atoms with E-state index in [1.54, 1.807) is 0 Å². The molecular formula is C24H41NO2. The van der Waals surface area contributed by atoms with Gasteiger partial charge in [0.05, 0.1) is 12.2 Å². The van der Waals surface area contributed by atoms with Crippen LogP contribution in [0.4, 0.5) is 0 Å². The highest BCUT2D eigenvalue weighted by atomic mass is 16.3. The van der Waals surface area contributed by atoms with Crippen molar-refractivity contribution in [3.05, 3.63) is 36.0 Å². The molecule has 6 atom stereocenters. The van der Waals surface area contributed by atoms with Gasteiger partial charge in [0.25, 0.3) is 0 Å². The lowest BCUT2D eigenvalue weighted by atomic mass is 9.88. The van der Waals surface area contributed by atoms with Crippen molar-refractivity contribution in [3.8, 4) is 0 Å². The molecule has 2 aliphatic carbocycles. The molecule has 2 rings (SSSR count). The normalized spacial score (nSPS) is 30.4. The van der Waals surface area contributed by atoms with Gasteiger partial charge >= 0.3 is 0 Å². The van der Waals surface area contributed by atoms with Gasteiger partial charge in [0.1, 0.15) is 0 Å². The molecule has 0 heterocycles. The van der Waals surface area contributed by atoms with Crippen molar-refractivity contribution in [2.24, 2.45) is 23.7 Å². The van der Waals surface area contributed by atoms with Crippen molar-refractivity contribution < 1.29 is 10.2 Å². The molecule has 3 heteroatoms. The smallest absolute Gasteiger partial charge is 0.0723 e. The molecule has 0 radical (unpaired) electrons. The summed E-state index contributed by atoms with van der Waals surface area (Å²) in [7, 11) is 4.20. The number of unbranched alkanes of at least 4 members (excludes halogenated alkanes) is 1. The summed E-state index contributed by atoms with van der Waals surface area (Å²) < 4.78 is 0. The maximum absolute atomic E-state index is 10.5. The molecule has 0 aromatic rings. The van der Waals surface area contributed by atoms with E-state index in [2.05, 4.69) is 57.1 Å². The maximum Gasteiger partial charge on any atom is 0.0723 e. The minimum atomic E-state index is -0.386. The van der Waals surface area contributed by atoms with Crippen LogP contribution in [0.5, 0.6) is 0 Å². The van der Waals surface area contributed by atoms with E-state index in [4.69, 9.17) is 0 Å². The first-order valence-electron chi connectivity index (χ1n) is 11.0. The Balaban J connectivity index is 1.83. The molecule has 0 aromatic carbocycles. The number of hydrogen-bond donors (Lipinski definition) is 2. The van der Waals surface area contributed by atoms with Gasteiger partial charge in [-0.05, 0) is 57.5 Å². The van der Waals surface area contributed by atoms with Crippen LogP contribution in [0.1, 0.15) is 58.8 Å². The quantitative estimate of drug-likeness (QED) is 0.520. The fourth-order valence-electron chi connectivity index (χ4n) is 4.66. The third-order valence-corrected chi connectivity index (χ3v) is 6.23. The standard InChI is InChI=1S/C24H41NO2/c1-5-6-9-18(2)14-21(26)11-12-22-23-16-19(10-7-8-13-25(3)4)15-20(23)17-24(22)27/h7,10-12,15,18,20-24,26-27H,5-6,8-9,13-14,16-17H2,1-4H3/t18-,20-,21+,22+,23-,24+/m0/s1. The number of nitrogens with zero attached hydrogens (tertiary/aromatic N) is 1. The average molecular weight is 376 g/mol. The lowest BCUT2D eigenvalue weighted by Crippen LogP contribution is -2.18. The predicted molar refractivity (Wildman–Crippen MR) is 115 cm³/mol. The number of allylic oxidation sites excluding steroid dienone is 3. The Kier molecular flexibility index (Phi) is 9.28. The molecule has 0 amide bonds. The topological polar surface area (TPSA) is 43.7 Å². The molecular weight excluding hydrogens is 334 g/mol. The molecule has 2 N–H and O–H groups in total. The summed E-state index contributed by atoms with van der Waals surface area (Å²) in [5, 5.41) is 20.8. The van der Waals surface area contributed by atoms with Gasteiger partial charge in [0, 0.05) is 12.5 Å². The lowest BCUT2D eigenvalue weighted by molar-refractivity contribution is 0.139. The molecule has 3 nitrogen and oxygen atoms in total. The average Bonchev–Trinajstić information content (AvgIpc) is 3.11. The van der Waals surface area contributed by atoms with Gasteiger partial charge in [-0.15, -0.1) is 0 Å². The fraction of sp³-hybridized carbons (Fsp3) is 0.750. The van der Waals surface area contributed by atoms with Gasteiger partial charge in [0.2, 0.25) is 0 Å². The van der Waals surface area contributed by atoms with Crippen LogP contribution >= 0.6 is 0 Å². The Morgan fingerprint density at radius 1 is 1.33 bits per heavy atom. The number of aliphatic hydroxyl groups is 2. The molecule has 2 aliphatic rings. The molecule has 0 aliphatic heterocycles. The second-order valence-corrected chi connectivity index (χ2v) is 9.08. The minimum absolute atomic E-state index is 0.180. The van der Waals surface area contributed by atoms with Crippen LogP contribution in [0.2, 0.25) is 0 Å². The molecule has 27 heavy (non-hydrogen) atoms. The van der Waals surface area contributed by atoms with Crippen LogP contribution in [-0.2, 0) is 0 Å². The van der Waals surface area contributed by atoms with Gasteiger partial charge in [-0.1, -0.05) is 69.1 Å². The first kappa shape index (κ1) is 22.4. The number of aliphatic hydroxyl groups excluding tert-OH is 2. The van der Waals surface area contributed by atoms with Crippen molar-refractivity contribution in [1.82, 2.24) is 4.90 Å². The molecule has 1 fully saturated rings. The van der Waals surface area contributed by atoms with Crippen LogP contribution in [0.3, 0.4) is 0 Å². The van der Waals surface area contributed by atoms with E-state index >= 15 is 0 Å². The summed E-state index contributed by atoms with van der Waals surface area (Å²) in [4.78, 5) is 2.20. The SMILES string of the molecule is CCCC[C@H](C)C[C@H](O)C=C[C@@H]1[C@H]2CC(C=CCCN(C)C)=C[C@H]2C[C@H]1O. The van der Waals surface area contributed by atoms with Gasteiger partial charge in [-0.25, -0.2) is 0 Å². The van der Waals surface area contributed by atoms with Gasteiger partial charge in [-0.3, -0.25) is 0 Å². The fourth-order valence-corrected chi connectivity index (χ4v) is 4.66. The van der Waals surface area contributed by atoms with E-state index in [0.717, 1.165) is 32.2 Å². The van der Waals surface area contributed by atoms with Crippen molar-refractivity contribution in [3.63, 3.8) is 0 Å². The third-order valence-electron chi connectivity index (χ3n) is 6.23. The molecule has 0 saturated heterocycles. The molecule has 0 unspecified atom stereocenters. The van der Waals surface area contributed by atoms with Crippen molar-refractivity contribution in [1.29, 1.82) is 0 Å². The summed E-state index contributed by atoms with van der Waals surface area (Å²) in [5.41, 5.74) is 1.42. The van der Waals surface area contributed by atoms with Crippen LogP contribution < -0.4 is 0 Å². The largest absolute Gasteiger partial charge is 0.392 e. The zero-order chi connectivity index (χ0) is 19.8. The van der Waals surface area contributed by atoms with E-state index < -0.39 is 0 Å². The second-order valence-electron chi connectivity index (χ2n) is 9.08. The summed E-state index contributed by atoms with van der Waals surface area (Å²) in [6.45, 7) is 5.51. The van der Waals surface area contributed by atoms with Crippen molar-refractivity contribution in [2.45, 2.75) is 71.0 Å². The maximum atomic E-state index is 10.5. The summed E-state index contributed by atoms with van der Waals surface area (Å²) in [6, 6.07) is 0. The number of hydrogen-bond acceptors (Lipinski definition) is 3. The van der Waals surface area contributed by atoms with E-state index in [0.29, 0.717) is 17.8 Å². The Morgan fingerprint density at radius 3 is 2.81 bits per heavy atom. The second kappa shape index (κ2) is 11.2. The van der Waals surface area contributed by atoms with Crippen molar-refractivity contribution >= 4 is 0 Å². The Hall–Kier alpha value is -0.900. The number of rotatable bonds is 11. The molecule has 0 bridgehead atoms. The zero-order valence-corrected chi connectivity index (χ0v) is 17.8. The highest BCUT2D eigenvalue weighted by Gasteiger charge is 2.42. The Morgan fingerprint density at radius 2 is 2.11 bits per heavy atom. The Bertz CT molecular complexity index is 522. The molecule has 1 saturated carbocycles. The zero-order valence-electron chi connectivity index (χ0n) is 17.8. The monoisotopic (exact) mass is 375 g/mol. The first-order valence-corrected chi connectivity index (χ1v) is 11.0. The van der Waals surface area contributed by atoms with Crippen LogP contribution in [0.25, 0.3) is 0 Å². The molecule has 0 spiro atoms. The Labute approximate surface area is 166 Å². The van der Waals surface area contributed by atoms with E-state index in [9.17, 15) is 10.2 Å². The van der Waals surface area contributed by atoms with Crippen LogP contribution in [-0.4, -0.2) is 48.0 Å². The highest BCUT2D eigenvalue weighted by molar-refractivity contribution is 5.29. The van der Waals surface area contributed by atoms with E-state index in [1.165, 1.54) is 24.8 Å². The summed E-state index contributed by atoms with van der Waals surface area (Å²) >= 11 is 0. The summed E-state index contributed by atoms with van der Waals surface area (Å²) in [6.07, 6.45) is 17.8. The van der Waals surface area contributed by atoms with Gasteiger partial charge < -0.3 is 15.1 Å². The lowest BCUT2D eigenvalue weighted by Gasteiger charge is -2.19. The van der Waals surface area contributed by atoms with Gasteiger partial charge in [0.15, 0.2) is 0 Å². The third kappa shape index (κ3) is 7.21. The summed E-state index contributed by atoms with van der Waals surface area (Å²) in [5.74, 6) is 1.72. The molecule has 0 aromatic heterocycles. The van der Waals surface area contributed by atoms with Gasteiger partial charge in [-0.2, -0.15) is 0 Å². The number of fused-ring (bicyclic) bond motifs is 1. The predicted octanol–water partition coefficient (Wildman–Crippen LogP) is 4.57. The van der Waals surface area contributed by atoms with E-state index in [-0.39, 0.29) is 18.1 Å². The van der Waals surface area contributed by atoms with Crippen LogP contribution in [0, 0.1) is 23.7 Å². The highest BCUT2D eigenvalue weighted by Crippen LogP contribution is 2.47. The minimum Gasteiger partial charge on any atom is -0.392 e. The van der Waals surface area contributed by atoms with E-state index in [1.807, 2.05) is 6.08 Å².